The average Bonchev–Trinajstić information content (AvgIpc) is 3.59. The van der Waals surface area contributed by atoms with Crippen LogP contribution in [0.4, 0.5) is 10.5 Å². The van der Waals surface area contributed by atoms with Crippen LogP contribution in [-0.2, 0) is 20.9 Å². The Morgan fingerprint density at radius 1 is 1.03 bits per heavy atom. The molecule has 2 saturated heterocycles. The Morgan fingerprint density at radius 2 is 1.72 bits per heavy atom. The third-order valence-electron chi connectivity index (χ3n) is 7.74. The Labute approximate surface area is 211 Å². The number of rotatable bonds is 5. The molecule has 1 saturated carbocycles. The van der Waals surface area contributed by atoms with Gasteiger partial charge >= 0.3 is 12.2 Å². The van der Waals surface area contributed by atoms with Gasteiger partial charge in [0.05, 0.1) is 6.54 Å². The Morgan fingerprint density at radius 3 is 2.36 bits per heavy atom. The van der Waals surface area contributed by atoms with E-state index in [-0.39, 0.29) is 17.8 Å². The van der Waals surface area contributed by atoms with Gasteiger partial charge in [-0.15, -0.1) is 0 Å². The molecule has 1 aromatic heterocycles. The van der Waals surface area contributed by atoms with Gasteiger partial charge in [-0.25, -0.2) is 4.79 Å². The predicted octanol–water partition coefficient (Wildman–Crippen LogP) is 5.51. The zero-order valence-electron chi connectivity index (χ0n) is 21.0. The van der Waals surface area contributed by atoms with E-state index in [0.717, 1.165) is 44.1 Å². The summed E-state index contributed by atoms with van der Waals surface area (Å²) < 4.78 is 8.42. The molecule has 6 rings (SSSR count). The second-order valence-electron chi connectivity index (χ2n) is 10.5. The van der Waals surface area contributed by atoms with E-state index in [0.29, 0.717) is 12.6 Å². The Kier molecular flexibility index (Phi) is 6.69. The lowest BCUT2D eigenvalue weighted by molar-refractivity contribution is -0.191. The first kappa shape index (κ1) is 24.3. The minimum atomic E-state index is -0.353. The number of likely N-dealkylation sites (tertiary alicyclic amines) is 1. The van der Waals surface area contributed by atoms with Gasteiger partial charge < -0.3 is 9.30 Å². The molecule has 0 N–H and O–H groups in total. The van der Waals surface area contributed by atoms with Crippen LogP contribution in [0.5, 0.6) is 0 Å². The maximum Gasteiger partial charge on any atom is 0.415 e. The van der Waals surface area contributed by atoms with Gasteiger partial charge in [-0.1, -0.05) is 30.3 Å². The largest absolute Gasteiger partial charge is 0.441 e. The first-order valence-corrected chi connectivity index (χ1v) is 12.8. The summed E-state index contributed by atoms with van der Waals surface area (Å²) >= 11 is 0. The molecule has 7 nitrogen and oxygen atoms in total. The topological polar surface area (TPSA) is 71.8 Å². The number of fused-ring (bicyclic) bond motifs is 1. The van der Waals surface area contributed by atoms with Crippen molar-refractivity contribution in [3.63, 3.8) is 0 Å². The zero-order valence-corrected chi connectivity index (χ0v) is 21.0. The third kappa shape index (κ3) is 4.69. The van der Waals surface area contributed by atoms with Crippen LogP contribution in [0.3, 0.4) is 0 Å². The standard InChI is InChI=1S/C28H33N3O2.CO2/c1-20(2)30-18-22(26-24(21-11-12-21)9-6-10-25(26)30)17-29-15-13-28(14-16-29)19-31(27(32)33-28)23-7-4-3-5-8-23;2-1-3/h3-10,18,20-21H,11-17,19H2,1-2H3;. The van der Waals surface area contributed by atoms with Crippen LogP contribution in [0, 0.1) is 0 Å². The van der Waals surface area contributed by atoms with Crippen LogP contribution in [0.2, 0.25) is 0 Å². The van der Waals surface area contributed by atoms with E-state index in [1.807, 2.05) is 30.3 Å². The van der Waals surface area contributed by atoms with Crippen molar-refractivity contribution in [2.75, 3.05) is 24.5 Å². The van der Waals surface area contributed by atoms with Crippen molar-refractivity contribution in [2.45, 2.75) is 63.6 Å². The molecule has 188 valence electrons. The van der Waals surface area contributed by atoms with Gasteiger partial charge in [0, 0.05) is 61.3 Å². The van der Waals surface area contributed by atoms with E-state index in [2.05, 4.69) is 47.7 Å². The van der Waals surface area contributed by atoms with Crippen molar-refractivity contribution in [3.05, 3.63) is 65.9 Å². The fraction of sp³-hybridized carbons (Fsp3) is 0.448. The van der Waals surface area contributed by atoms with Gasteiger partial charge in [-0.05, 0) is 61.9 Å². The van der Waals surface area contributed by atoms with E-state index in [1.54, 1.807) is 10.5 Å². The summed E-state index contributed by atoms with van der Waals surface area (Å²) in [6.07, 6.45) is 6.85. The highest BCUT2D eigenvalue weighted by molar-refractivity contribution is 5.90. The molecular weight excluding hydrogens is 454 g/mol. The Bertz CT molecular complexity index is 1260. The highest BCUT2D eigenvalue weighted by Crippen LogP contribution is 2.45. The second-order valence-corrected chi connectivity index (χ2v) is 10.5. The van der Waals surface area contributed by atoms with Gasteiger partial charge in [0.1, 0.15) is 5.60 Å². The molecule has 3 aromatic rings. The van der Waals surface area contributed by atoms with Crippen molar-refractivity contribution < 1.29 is 19.1 Å². The molecule has 7 heteroatoms. The monoisotopic (exact) mass is 487 g/mol. The summed E-state index contributed by atoms with van der Waals surface area (Å²) in [5.41, 5.74) is 4.94. The first-order valence-electron chi connectivity index (χ1n) is 12.8. The van der Waals surface area contributed by atoms with Gasteiger partial charge in [-0.2, -0.15) is 9.59 Å². The number of anilines is 1. The van der Waals surface area contributed by atoms with E-state index < -0.39 is 0 Å². The summed E-state index contributed by atoms with van der Waals surface area (Å²) in [5, 5.41) is 1.48. The molecule has 3 aliphatic rings. The van der Waals surface area contributed by atoms with Crippen LogP contribution in [0.1, 0.15) is 62.6 Å². The first-order chi connectivity index (χ1) is 17.4. The molecule has 0 radical (unpaired) electrons. The Hall–Kier alpha value is -3.41. The molecule has 1 amide bonds. The summed E-state index contributed by atoms with van der Waals surface area (Å²) in [6, 6.07) is 17.2. The highest BCUT2D eigenvalue weighted by atomic mass is 16.6. The fourth-order valence-electron chi connectivity index (χ4n) is 5.76. The lowest BCUT2D eigenvalue weighted by atomic mass is 9.91. The molecule has 0 atom stereocenters. The number of aromatic nitrogens is 1. The molecule has 3 heterocycles. The number of hydrogen-bond donors (Lipinski definition) is 0. The molecule has 1 aliphatic carbocycles. The SMILES string of the molecule is CC(C)n1cc(CN2CCC3(CC2)CN(c2ccccc2)C(=O)O3)c2c(C3CC3)cccc21.O=C=O. The van der Waals surface area contributed by atoms with E-state index in [4.69, 9.17) is 14.3 Å². The number of nitrogens with zero attached hydrogens (tertiary/aromatic N) is 3. The van der Waals surface area contributed by atoms with Crippen LogP contribution in [0.25, 0.3) is 10.9 Å². The van der Waals surface area contributed by atoms with Gasteiger partial charge in [0.2, 0.25) is 0 Å². The molecule has 2 aromatic carbocycles. The van der Waals surface area contributed by atoms with Crippen LogP contribution in [-0.4, -0.2) is 46.9 Å². The molecule has 0 unspecified atom stereocenters. The number of ether oxygens (including phenoxy) is 1. The molecule has 36 heavy (non-hydrogen) atoms. The highest BCUT2D eigenvalue weighted by Gasteiger charge is 2.47. The van der Waals surface area contributed by atoms with Gasteiger partial charge in [0.15, 0.2) is 0 Å². The minimum absolute atomic E-state index is 0.205. The molecular formula is C29H33N3O4. The predicted molar refractivity (Wildman–Crippen MR) is 137 cm³/mol. The minimum Gasteiger partial charge on any atom is -0.441 e. The van der Waals surface area contributed by atoms with Crippen LogP contribution < -0.4 is 4.90 Å². The normalized spacial score (nSPS) is 19.3. The molecule has 2 aliphatic heterocycles. The summed E-state index contributed by atoms with van der Waals surface area (Å²) in [6.45, 7) is 8.06. The molecule has 1 spiro atoms. The third-order valence-corrected chi connectivity index (χ3v) is 7.74. The van der Waals surface area contributed by atoms with Crippen LogP contribution >= 0.6 is 0 Å². The quantitative estimate of drug-likeness (QED) is 0.475. The lowest BCUT2D eigenvalue weighted by Gasteiger charge is -2.37. The summed E-state index contributed by atoms with van der Waals surface area (Å²) in [4.78, 5) is 33.2. The molecule has 3 fully saturated rings. The number of benzene rings is 2. The number of hydrogen-bond acceptors (Lipinski definition) is 5. The van der Waals surface area contributed by atoms with Crippen molar-refractivity contribution in [1.29, 1.82) is 0 Å². The number of piperidine rings is 1. The van der Waals surface area contributed by atoms with Gasteiger partial charge in [0.25, 0.3) is 0 Å². The fourth-order valence-corrected chi connectivity index (χ4v) is 5.76. The van der Waals surface area contributed by atoms with Crippen molar-refractivity contribution in [2.24, 2.45) is 0 Å². The summed E-state index contributed by atoms with van der Waals surface area (Å²) in [7, 11) is 0. The van der Waals surface area contributed by atoms with E-state index >= 15 is 0 Å². The zero-order chi connectivity index (χ0) is 25.3. The van der Waals surface area contributed by atoms with Crippen molar-refractivity contribution in [3.8, 4) is 0 Å². The summed E-state index contributed by atoms with van der Waals surface area (Å²) in [5.74, 6) is 0.738. The number of carbonyl (C=O) groups excluding carboxylic acids is 3. The van der Waals surface area contributed by atoms with Crippen molar-refractivity contribution in [1.82, 2.24) is 9.47 Å². The average molecular weight is 488 g/mol. The second kappa shape index (κ2) is 9.92. The maximum atomic E-state index is 12.6. The number of carbonyl (C=O) groups is 1. The smallest absolute Gasteiger partial charge is 0.415 e. The number of para-hydroxylation sites is 1. The molecule has 0 bridgehead atoms. The van der Waals surface area contributed by atoms with Crippen molar-refractivity contribution >= 4 is 28.8 Å². The van der Waals surface area contributed by atoms with E-state index in [9.17, 15) is 4.79 Å². The number of amides is 1. The lowest BCUT2D eigenvalue weighted by Crippen LogP contribution is -2.46. The Balaban J connectivity index is 0.000000848. The van der Waals surface area contributed by atoms with E-state index in [1.165, 1.54) is 29.3 Å². The maximum absolute atomic E-state index is 12.6. The van der Waals surface area contributed by atoms with Gasteiger partial charge in [-0.3, -0.25) is 9.80 Å². The van der Waals surface area contributed by atoms with Crippen LogP contribution in [0.15, 0.2) is 54.7 Å².